The highest BCUT2D eigenvalue weighted by Gasteiger charge is 2.36. The molecule has 5 heterocycles. The van der Waals surface area contributed by atoms with Crippen LogP contribution in [0.3, 0.4) is 0 Å². The number of rotatable bonds is 2. The van der Waals surface area contributed by atoms with E-state index in [0.29, 0.717) is 72.4 Å². The monoisotopic (exact) mass is 514 g/mol. The van der Waals surface area contributed by atoms with Gasteiger partial charge in [0.15, 0.2) is 0 Å². The van der Waals surface area contributed by atoms with Crippen LogP contribution >= 0.6 is 0 Å². The van der Waals surface area contributed by atoms with Crippen LogP contribution in [0, 0.1) is 5.82 Å². The predicted octanol–water partition coefficient (Wildman–Crippen LogP) is 3.36. The van der Waals surface area contributed by atoms with E-state index >= 15 is 4.39 Å². The van der Waals surface area contributed by atoms with Gasteiger partial charge in [0.25, 0.3) is 11.8 Å². The van der Waals surface area contributed by atoms with E-state index in [4.69, 9.17) is 9.15 Å². The molecule has 1 saturated heterocycles. The number of imide groups is 1. The zero-order valence-corrected chi connectivity index (χ0v) is 20.3. The van der Waals surface area contributed by atoms with Crippen LogP contribution in [0.1, 0.15) is 16.7 Å². The quantitative estimate of drug-likeness (QED) is 0.414. The Morgan fingerprint density at radius 2 is 1.66 bits per heavy atom. The van der Waals surface area contributed by atoms with E-state index < -0.39 is 17.6 Å². The number of morpholine rings is 1. The fourth-order valence-electron chi connectivity index (χ4n) is 5.76. The summed E-state index contributed by atoms with van der Waals surface area (Å²) in [7, 11) is 0. The van der Waals surface area contributed by atoms with Crippen LogP contribution in [-0.2, 0) is 27.4 Å². The van der Waals surface area contributed by atoms with E-state index in [1.165, 1.54) is 18.4 Å². The Balaban J connectivity index is 1.37. The molecule has 0 atom stereocenters. The minimum atomic E-state index is -0.540. The van der Waals surface area contributed by atoms with E-state index in [1.54, 1.807) is 22.1 Å². The number of amides is 4. The number of nitrogens with zero attached hydrogens (tertiary/aromatic N) is 3. The van der Waals surface area contributed by atoms with E-state index in [2.05, 4.69) is 5.32 Å². The van der Waals surface area contributed by atoms with Crippen LogP contribution in [0.4, 0.5) is 9.18 Å². The van der Waals surface area contributed by atoms with Crippen molar-refractivity contribution in [2.75, 3.05) is 32.8 Å². The van der Waals surface area contributed by atoms with Crippen LogP contribution < -0.4 is 5.32 Å². The van der Waals surface area contributed by atoms with Crippen LogP contribution in [0.2, 0.25) is 0 Å². The molecule has 0 unspecified atom stereocenters. The molecule has 192 valence electrons. The summed E-state index contributed by atoms with van der Waals surface area (Å²) >= 11 is 0. The summed E-state index contributed by atoms with van der Waals surface area (Å²) in [6.45, 7) is 3.14. The number of carbonyl (C=O) groups excluding carboxylic acids is 3. The molecule has 4 aromatic rings. The highest BCUT2D eigenvalue weighted by Crippen LogP contribution is 2.40. The summed E-state index contributed by atoms with van der Waals surface area (Å²) < 4.78 is 28.0. The van der Waals surface area contributed by atoms with Gasteiger partial charge in [-0.25, -0.2) is 9.18 Å². The van der Waals surface area contributed by atoms with Gasteiger partial charge in [0.1, 0.15) is 11.4 Å². The number of furan rings is 1. The predicted molar refractivity (Wildman–Crippen MR) is 136 cm³/mol. The third kappa shape index (κ3) is 3.44. The van der Waals surface area contributed by atoms with Gasteiger partial charge in [-0.2, -0.15) is 0 Å². The maximum Gasteiger partial charge on any atom is 0.320 e. The molecule has 38 heavy (non-hydrogen) atoms. The Morgan fingerprint density at radius 1 is 0.895 bits per heavy atom. The lowest BCUT2D eigenvalue weighted by Gasteiger charge is -2.32. The molecule has 9 nitrogen and oxygen atoms in total. The van der Waals surface area contributed by atoms with E-state index in [9.17, 15) is 14.4 Å². The van der Waals surface area contributed by atoms with Crippen molar-refractivity contribution in [1.82, 2.24) is 19.7 Å². The highest BCUT2D eigenvalue weighted by atomic mass is 19.1. The van der Waals surface area contributed by atoms with Crippen molar-refractivity contribution < 1.29 is 27.9 Å². The van der Waals surface area contributed by atoms with Crippen LogP contribution in [0.25, 0.3) is 33.0 Å². The van der Waals surface area contributed by atoms with Gasteiger partial charge in [0.2, 0.25) is 0 Å². The minimum Gasteiger partial charge on any atom is -0.464 e. The summed E-state index contributed by atoms with van der Waals surface area (Å²) in [6, 6.07) is 10.00. The molecule has 2 aromatic heterocycles. The molecular weight excluding hydrogens is 491 g/mol. The second-order valence-electron chi connectivity index (χ2n) is 9.68. The number of halogens is 1. The van der Waals surface area contributed by atoms with Crippen molar-refractivity contribution >= 4 is 50.9 Å². The third-order valence-corrected chi connectivity index (χ3v) is 7.49. The number of ether oxygens (including phenoxy) is 1. The fourth-order valence-corrected chi connectivity index (χ4v) is 5.76. The van der Waals surface area contributed by atoms with E-state index in [-0.39, 0.29) is 23.7 Å². The molecular formula is C28H23FN4O5. The van der Waals surface area contributed by atoms with Gasteiger partial charge >= 0.3 is 6.03 Å². The lowest BCUT2D eigenvalue weighted by molar-refractivity contribution is -0.122. The molecule has 10 heteroatoms. The summed E-state index contributed by atoms with van der Waals surface area (Å²) in [4.78, 5) is 42.9. The number of aromatic nitrogens is 1. The molecule has 0 spiro atoms. The summed E-state index contributed by atoms with van der Waals surface area (Å²) in [6.07, 6.45) is 3.26. The average Bonchev–Trinajstić information content (AvgIpc) is 3.54. The van der Waals surface area contributed by atoms with Gasteiger partial charge in [-0.1, -0.05) is 18.2 Å². The molecule has 1 fully saturated rings. The third-order valence-electron chi connectivity index (χ3n) is 7.49. The zero-order valence-electron chi connectivity index (χ0n) is 20.3. The van der Waals surface area contributed by atoms with Gasteiger partial charge in [-0.3, -0.25) is 14.9 Å². The smallest absolute Gasteiger partial charge is 0.320 e. The molecule has 1 N–H and O–H groups in total. The van der Waals surface area contributed by atoms with Crippen molar-refractivity contribution in [2.45, 2.75) is 13.1 Å². The Morgan fingerprint density at radius 3 is 2.47 bits per heavy atom. The van der Waals surface area contributed by atoms with Gasteiger partial charge < -0.3 is 23.5 Å². The Hall–Kier alpha value is -4.44. The Kier molecular flexibility index (Phi) is 5.12. The van der Waals surface area contributed by atoms with Gasteiger partial charge in [-0.05, 0) is 23.8 Å². The van der Waals surface area contributed by atoms with Crippen LogP contribution in [0.5, 0.6) is 0 Å². The summed E-state index contributed by atoms with van der Waals surface area (Å²) in [5.74, 6) is -1.54. The number of hydrogen-bond donors (Lipinski definition) is 1. The van der Waals surface area contributed by atoms with Crippen molar-refractivity contribution in [1.29, 1.82) is 0 Å². The minimum absolute atomic E-state index is 0.103. The molecule has 4 amide bonds. The Bertz CT molecular complexity index is 1690. The maximum absolute atomic E-state index is 15.0. The number of nitrogens with one attached hydrogen (secondary N) is 1. The molecule has 7 rings (SSSR count). The molecule has 3 aliphatic rings. The van der Waals surface area contributed by atoms with Crippen molar-refractivity contribution in [2.24, 2.45) is 0 Å². The standard InChI is InChI=1S/C28H23FN4O5/c29-17-11-16-13-33(28(36)31-7-9-37-10-8-31)6-5-32-14-20(19(12-17)25(16)32)23-24(27(35)30-26(23)34)21-15-38-22-4-2-1-3-18(21)22/h1-4,11-12,14-15H,5-10,13H2,(H,30,34,35). The van der Waals surface area contributed by atoms with Crippen LogP contribution in [0.15, 0.2) is 53.3 Å². The molecule has 3 aliphatic heterocycles. The van der Waals surface area contributed by atoms with Gasteiger partial charge in [0, 0.05) is 60.8 Å². The topological polar surface area (TPSA) is 97.0 Å². The molecule has 2 aromatic carbocycles. The highest BCUT2D eigenvalue weighted by molar-refractivity contribution is 6.50. The Labute approximate surface area is 216 Å². The lowest BCUT2D eigenvalue weighted by atomic mass is 9.95. The molecule has 0 radical (unpaired) electrons. The summed E-state index contributed by atoms with van der Waals surface area (Å²) in [5, 5.41) is 3.64. The van der Waals surface area contributed by atoms with Crippen molar-refractivity contribution in [3.8, 4) is 0 Å². The number of carbonyl (C=O) groups is 3. The zero-order chi connectivity index (χ0) is 26.0. The first-order valence-corrected chi connectivity index (χ1v) is 12.5. The first kappa shape index (κ1) is 22.7. The van der Waals surface area contributed by atoms with Crippen molar-refractivity contribution in [3.63, 3.8) is 0 Å². The van der Waals surface area contributed by atoms with Gasteiger partial charge in [-0.15, -0.1) is 0 Å². The SMILES string of the molecule is O=C1NC(=O)C(c2cn3c4c(cc(F)cc24)CN(C(=O)N2CCOCC2)CC3)=C1c1coc2ccccc12. The number of hydrogen-bond acceptors (Lipinski definition) is 5. The average molecular weight is 515 g/mol. The number of benzene rings is 2. The maximum atomic E-state index is 15.0. The molecule has 0 bridgehead atoms. The second kappa shape index (κ2) is 8.56. The number of para-hydroxylation sites is 1. The number of urea groups is 1. The first-order chi connectivity index (χ1) is 18.5. The lowest BCUT2D eigenvalue weighted by Crippen LogP contribution is -2.48. The summed E-state index contributed by atoms with van der Waals surface area (Å²) in [5.41, 5.74) is 3.34. The van der Waals surface area contributed by atoms with Gasteiger partial charge in [0.05, 0.1) is 36.1 Å². The largest absolute Gasteiger partial charge is 0.464 e. The second-order valence-corrected chi connectivity index (χ2v) is 9.68. The normalized spacial score (nSPS) is 18.0. The molecule has 0 saturated carbocycles. The van der Waals surface area contributed by atoms with Crippen molar-refractivity contribution in [3.05, 3.63) is 71.4 Å². The van der Waals surface area contributed by atoms with E-state index in [0.717, 1.165) is 5.52 Å². The fraction of sp³-hybridized carbons (Fsp3) is 0.250. The first-order valence-electron chi connectivity index (χ1n) is 12.5. The van der Waals surface area contributed by atoms with E-state index in [1.807, 2.05) is 22.8 Å². The number of fused-ring (bicyclic) bond motifs is 1. The van der Waals surface area contributed by atoms with Crippen LogP contribution in [-0.4, -0.2) is 65.1 Å². The molecule has 0 aliphatic carbocycles.